The number of rotatable bonds is 5. The fourth-order valence-corrected chi connectivity index (χ4v) is 6.09. The van der Waals surface area contributed by atoms with E-state index in [1.807, 2.05) is 11.0 Å². The lowest BCUT2D eigenvalue weighted by atomic mass is 9.95. The normalized spacial score (nSPS) is 24.3. The van der Waals surface area contributed by atoms with E-state index in [1.165, 1.54) is 43.5 Å². The summed E-state index contributed by atoms with van der Waals surface area (Å²) < 4.78 is 2.49. The maximum atomic E-state index is 12.8. The standard InChI is InChI=1S/C25H38N4O2/c1-18-17-20(19(2)29(18)22-7-4-3-5-8-22)10-11-24(30)27-15-12-21(13-16-27)28-14-6-9-23(28)25(26)31/h10-11,17,21-23H,3-9,12-16H2,1-2H3,(H2,26,31)/b11-10+. The molecule has 0 aromatic carbocycles. The van der Waals surface area contributed by atoms with Gasteiger partial charge in [0.25, 0.3) is 0 Å². The molecular weight excluding hydrogens is 388 g/mol. The van der Waals surface area contributed by atoms with Crippen LogP contribution in [0.15, 0.2) is 12.1 Å². The topological polar surface area (TPSA) is 71.6 Å². The van der Waals surface area contributed by atoms with Crippen molar-refractivity contribution in [1.29, 1.82) is 0 Å². The highest BCUT2D eigenvalue weighted by molar-refractivity contribution is 5.92. The van der Waals surface area contributed by atoms with Gasteiger partial charge in [-0.1, -0.05) is 19.3 Å². The molecule has 4 rings (SSSR count). The molecule has 0 radical (unpaired) electrons. The van der Waals surface area contributed by atoms with Crippen LogP contribution in [0.1, 0.15) is 80.8 Å². The smallest absolute Gasteiger partial charge is 0.246 e. The first-order valence-electron chi connectivity index (χ1n) is 12.2. The van der Waals surface area contributed by atoms with Crippen LogP contribution in [-0.2, 0) is 9.59 Å². The maximum Gasteiger partial charge on any atom is 0.246 e. The van der Waals surface area contributed by atoms with Crippen LogP contribution >= 0.6 is 0 Å². The number of carbonyl (C=O) groups is 2. The molecule has 0 spiro atoms. The van der Waals surface area contributed by atoms with Gasteiger partial charge in [-0.15, -0.1) is 0 Å². The van der Waals surface area contributed by atoms with Crippen LogP contribution in [-0.4, -0.2) is 57.9 Å². The van der Waals surface area contributed by atoms with Gasteiger partial charge in [0.05, 0.1) is 6.04 Å². The predicted octanol–water partition coefficient (Wildman–Crippen LogP) is 3.56. The Morgan fingerprint density at radius 2 is 1.65 bits per heavy atom. The van der Waals surface area contributed by atoms with E-state index in [1.54, 1.807) is 6.08 Å². The molecule has 0 bridgehead atoms. The Labute approximate surface area is 186 Å². The molecule has 2 saturated heterocycles. The summed E-state index contributed by atoms with van der Waals surface area (Å²) in [4.78, 5) is 28.8. The van der Waals surface area contributed by atoms with E-state index >= 15 is 0 Å². The van der Waals surface area contributed by atoms with Gasteiger partial charge < -0.3 is 15.2 Å². The number of piperidine rings is 1. The largest absolute Gasteiger partial charge is 0.368 e. The number of nitrogens with zero attached hydrogens (tertiary/aromatic N) is 3. The summed E-state index contributed by atoms with van der Waals surface area (Å²) in [5.74, 6) is -0.112. The zero-order valence-corrected chi connectivity index (χ0v) is 19.2. The number of nitrogens with two attached hydrogens (primary N) is 1. The average Bonchev–Trinajstić information content (AvgIpc) is 3.37. The number of amides is 2. The highest BCUT2D eigenvalue weighted by Crippen LogP contribution is 2.32. The van der Waals surface area contributed by atoms with Crippen LogP contribution in [0.25, 0.3) is 6.08 Å². The van der Waals surface area contributed by atoms with Crippen molar-refractivity contribution in [2.75, 3.05) is 19.6 Å². The number of primary amides is 1. The van der Waals surface area contributed by atoms with Gasteiger partial charge in [-0.25, -0.2) is 0 Å². The first-order chi connectivity index (χ1) is 15.0. The molecule has 3 aliphatic rings. The van der Waals surface area contributed by atoms with Crippen LogP contribution in [0, 0.1) is 13.8 Å². The molecule has 1 aromatic rings. The first kappa shape index (κ1) is 22.1. The summed E-state index contributed by atoms with van der Waals surface area (Å²) in [6.45, 7) is 6.81. The fraction of sp³-hybridized carbons (Fsp3) is 0.680. The quantitative estimate of drug-likeness (QED) is 0.732. The molecule has 31 heavy (non-hydrogen) atoms. The molecule has 1 saturated carbocycles. The van der Waals surface area contributed by atoms with Gasteiger partial charge in [0.15, 0.2) is 0 Å². The average molecular weight is 427 g/mol. The number of hydrogen-bond donors (Lipinski definition) is 1. The molecule has 1 unspecified atom stereocenters. The Balaban J connectivity index is 1.35. The van der Waals surface area contributed by atoms with Crippen molar-refractivity contribution in [3.8, 4) is 0 Å². The van der Waals surface area contributed by atoms with E-state index in [0.717, 1.165) is 50.9 Å². The third-order valence-electron chi connectivity index (χ3n) is 7.74. The van der Waals surface area contributed by atoms with Gasteiger partial charge >= 0.3 is 0 Å². The van der Waals surface area contributed by atoms with Crippen LogP contribution in [0.2, 0.25) is 0 Å². The predicted molar refractivity (Wildman–Crippen MR) is 124 cm³/mol. The number of hydrogen-bond acceptors (Lipinski definition) is 3. The monoisotopic (exact) mass is 426 g/mol. The molecule has 170 valence electrons. The summed E-state index contributed by atoms with van der Waals surface area (Å²) in [5.41, 5.74) is 9.32. The van der Waals surface area contributed by atoms with E-state index in [4.69, 9.17) is 5.73 Å². The number of likely N-dealkylation sites (tertiary alicyclic amines) is 2. The summed E-state index contributed by atoms with van der Waals surface area (Å²) in [7, 11) is 0. The van der Waals surface area contributed by atoms with Gasteiger partial charge in [-0.3, -0.25) is 14.5 Å². The van der Waals surface area contributed by atoms with Crippen LogP contribution in [0.3, 0.4) is 0 Å². The van der Waals surface area contributed by atoms with Crippen molar-refractivity contribution in [3.05, 3.63) is 29.1 Å². The summed E-state index contributed by atoms with van der Waals surface area (Å²) in [6, 6.07) is 3.08. The Morgan fingerprint density at radius 1 is 0.935 bits per heavy atom. The lowest BCUT2D eigenvalue weighted by molar-refractivity contribution is -0.129. The van der Waals surface area contributed by atoms with Crippen molar-refractivity contribution >= 4 is 17.9 Å². The second-order valence-corrected chi connectivity index (χ2v) is 9.68. The summed E-state index contributed by atoms with van der Waals surface area (Å²) >= 11 is 0. The van der Waals surface area contributed by atoms with Gasteiger partial charge in [0.2, 0.25) is 11.8 Å². The molecule has 3 heterocycles. The molecule has 1 aromatic heterocycles. The van der Waals surface area contributed by atoms with Crippen molar-refractivity contribution in [2.45, 2.75) is 89.8 Å². The molecular formula is C25H38N4O2. The minimum absolute atomic E-state index is 0.0915. The number of aryl methyl sites for hydroxylation is 1. The summed E-state index contributed by atoms with van der Waals surface area (Å²) in [5, 5.41) is 0. The third-order valence-corrected chi connectivity index (χ3v) is 7.74. The molecule has 2 N–H and O–H groups in total. The molecule has 1 atom stereocenters. The highest BCUT2D eigenvalue weighted by atomic mass is 16.2. The second-order valence-electron chi connectivity index (χ2n) is 9.68. The zero-order chi connectivity index (χ0) is 22.0. The lowest BCUT2D eigenvalue weighted by Crippen LogP contribution is -2.51. The minimum atomic E-state index is -0.204. The van der Waals surface area contributed by atoms with Crippen LogP contribution in [0.4, 0.5) is 0 Å². The lowest BCUT2D eigenvalue weighted by Gasteiger charge is -2.38. The van der Waals surface area contributed by atoms with Crippen molar-refractivity contribution in [2.24, 2.45) is 5.73 Å². The van der Waals surface area contributed by atoms with Crippen molar-refractivity contribution in [3.63, 3.8) is 0 Å². The molecule has 6 nitrogen and oxygen atoms in total. The Kier molecular flexibility index (Phi) is 6.85. The first-order valence-corrected chi connectivity index (χ1v) is 12.2. The van der Waals surface area contributed by atoms with Crippen LogP contribution in [0.5, 0.6) is 0 Å². The third kappa shape index (κ3) is 4.74. The molecule has 1 aliphatic carbocycles. The van der Waals surface area contributed by atoms with E-state index in [0.29, 0.717) is 12.1 Å². The Morgan fingerprint density at radius 3 is 2.32 bits per heavy atom. The molecule has 6 heteroatoms. The Hall–Kier alpha value is -2.08. The zero-order valence-electron chi connectivity index (χ0n) is 19.2. The van der Waals surface area contributed by atoms with Gasteiger partial charge in [-0.2, -0.15) is 0 Å². The van der Waals surface area contributed by atoms with E-state index in [2.05, 4.69) is 29.4 Å². The maximum absolute atomic E-state index is 12.8. The fourth-order valence-electron chi connectivity index (χ4n) is 6.09. The Bertz CT molecular complexity index is 829. The molecule has 2 amide bonds. The SMILES string of the molecule is Cc1cc(/C=C/C(=O)N2CCC(N3CCCC3C(N)=O)CC2)c(C)n1C1CCCCC1. The molecule has 3 fully saturated rings. The number of carbonyl (C=O) groups excluding carboxylic acids is 2. The van der Waals surface area contributed by atoms with Crippen LogP contribution < -0.4 is 5.73 Å². The summed E-state index contributed by atoms with van der Waals surface area (Å²) in [6.07, 6.45) is 14.0. The van der Waals surface area contributed by atoms with Gasteiger partial charge in [0.1, 0.15) is 0 Å². The van der Waals surface area contributed by atoms with Crippen molar-refractivity contribution < 1.29 is 9.59 Å². The van der Waals surface area contributed by atoms with E-state index in [-0.39, 0.29) is 17.9 Å². The molecule has 2 aliphatic heterocycles. The van der Waals surface area contributed by atoms with E-state index in [9.17, 15) is 9.59 Å². The van der Waals surface area contributed by atoms with Gasteiger partial charge in [-0.05, 0) is 76.6 Å². The number of aromatic nitrogens is 1. The second kappa shape index (κ2) is 9.60. The minimum Gasteiger partial charge on any atom is -0.368 e. The van der Waals surface area contributed by atoms with Crippen molar-refractivity contribution in [1.82, 2.24) is 14.4 Å². The highest BCUT2D eigenvalue weighted by Gasteiger charge is 2.36. The van der Waals surface area contributed by atoms with E-state index < -0.39 is 0 Å². The van der Waals surface area contributed by atoms with Gasteiger partial charge in [0, 0.05) is 42.6 Å².